The van der Waals surface area contributed by atoms with Crippen LogP contribution in [0.3, 0.4) is 0 Å². The van der Waals surface area contributed by atoms with E-state index in [1.54, 1.807) is 24.3 Å². The lowest BCUT2D eigenvalue weighted by Gasteiger charge is -2.17. The average molecular weight is 405 g/mol. The van der Waals surface area contributed by atoms with Gasteiger partial charge >= 0.3 is 0 Å². The number of halogens is 1. The summed E-state index contributed by atoms with van der Waals surface area (Å²) in [5.74, 6) is -0.338. The molecule has 4 aromatic rings. The van der Waals surface area contributed by atoms with Gasteiger partial charge in [-0.2, -0.15) is 0 Å². The Hall–Kier alpha value is -2.92. The summed E-state index contributed by atoms with van der Waals surface area (Å²) in [7, 11) is -3.78. The minimum Gasteiger partial charge on any atom is -0.237 e. The number of benzene rings is 3. The van der Waals surface area contributed by atoms with Crippen molar-refractivity contribution in [1.82, 2.24) is 3.97 Å². The molecule has 0 radical (unpaired) electrons. The Morgan fingerprint density at radius 3 is 2.52 bits per heavy atom. The molecule has 5 heteroatoms. The van der Waals surface area contributed by atoms with Crippen molar-refractivity contribution in [3.05, 3.63) is 101 Å². The number of hydrogen-bond acceptors (Lipinski definition) is 2. The minimum absolute atomic E-state index is 0.0850. The normalized spacial score (nSPS) is 16.3. The number of rotatable bonds is 3. The molecule has 0 bridgehead atoms. The fourth-order valence-electron chi connectivity index (χ4n) is 4.37. The molecule has 1 atom stereocenters. The van der Waals surface area contributed by atoms with E-state index in [-0.39, 0.29) is 16.6 Å². The van der Waals surface area contributed by atoms with Crippen molar-refractivity contribution in [2.75, 3.05) is 0 Å². The number of aryl methyl sites for hydroxylation is 2. The molecule has 0 saturated heterocycles. The lowest BCUT2D eigenvalue weighted by atomic mass is 9.98. The zero-order valence-electron chi connectivity index (χ0n) is 16.0. The highest BCUT2D eigenvalue weighted by molar-refractivity contribution is 7.90. The summed E-state index contributed by atoms with van der Waals surface area (Å²) in [5, 5.41) is 0.883. The van der Waals surface area contributed by atoms with Crippen LogP contribution < -0.4 is 0 Å². The van der Waals surface area contributed by atoms with Gasteiger partial charge in [-0.1, -0.05) is 42.0 Å². The van der Waals surface area contributed by atoms with Crippen LogP contribution in [0.2, 0.25) is 0 Å². The van der Waals surface area contributed by atoms with Gasteiger partial charge < -0.3 is 0 Å². The van der Waals surface area contributed by atoms with Crippen LogP contribution in [0.15, 0.2) is 77.7 Å². The molecule has 146 valence electrons. The highest BCUT2D eigenvalue weighted by Gasteiger charge is 2.31. The first-order valence-electron chi connectivity index (χ1n) is 9.66. The number of nitrogens with zero attached hydrogens (tertiary/aromatic N) is 1. The zero-order valence-corrected chi connectivity index (χ0v) is 16.8. The van der Waals surface area contributed by atoms with Crippen LogP contribution in [0.4, 0.5) is 4.39 Å². The van der Waals surface area contributed by atoms with Crippen molar-refractivity contribution < 1.29 is 12.8 Å². The van der Waals surface area contributed by atoms with E-state index in [0.717, 1.165) is 40.6 Å². The molecule has 1 heterocycles. The second-order valence-corrected chi connectivity index (χ2v) is 9.43. The summed E-state index contributed by atoms with van der Waals surface area (Å²) < 4.78 is 42.5. The van der Waals surface area contributed by atoms with Gasteiger partial charge in [-0.15, -0.1) is 0 Å². The molecular formula is C24H20FNO2S. The van der Waals surface area contributed by atoms with Crippen molar-refractivity contribution >= 4 is 20.9 Å². The van der Waals surface area contributed by atoms with Gasteiger partial charge in [0.05, 0.1) is 10.4 Å². The standard InChI is InChI=1S/C24H20FNO2S/c1-16-6-10-20(11-7-16)29(27,28)26-23-5-3-2-4-18(23)15-24(26)22-12-8-17-14-19(25)9-13-21(17)22/h2-7,9-11,13-15,22H,8,12H2,1H3. The van der Waals surface area contributed by atoms with Crippen LogP contribution in [0.25, 0.3) is 10.9 Å². The van der Waals surface area contributed by atoms with Gasteiger partial charge in [-0.05, 0) is 67.3 Å². The molecule has 3 aromatic carbocycles. The van der Waals surface area contributed by atoms with Crippen molar-refractivity contribution in [2.24, 2.45) is 0 Å². The van der Waals surface area contributed by atoms with E-state index in [0.29, 0.717) is 5.52 Å². The minimum atomic E-state index is -3.78. The van der Waals surface area contributed by atoms with Crippen LogP contribution in [0.1, 0.15) is 34.7 Å². The predicted octanol–water partition coefficient (Wildman–Crippen LogP) is 5.40. The Bertz CT molecular complexity index is 1340. The van der Waals surface area contributed by atoms with Crippen molar-refractivity contribution in [1.29, 1.82) is 0 Å². The molecule has 29 heavy (non-hydrogen) atoms. The maximum atomic E-state index is 13.7. The Labute approximate surface area is 169 Å². The van der Waals surface area contributed by atoms with Crippen LogP contribution in [0.5, 0.6) is 0 Å². The predicted molar refractivity (Wildman–Crippen MR) is 112 cm³/mol. The van der Waals surface area contributed by atoms with E-state index in [9.17, 15) is 12.8 Å². The van der Waals surface area contributed by atoms with Crippen LogP contribution in [-0.2, 0) is 16.4 Å². The van der Waals surface area contributed by atoms with Gasteiger partial charge in [-0.25, -0.2) is 16.8 Å². The lowest BCUT2D eigenvalue weighted by Crippen LogP contribution is -2.17. The number of fused-ring (bicyclic) bond motifs is 2. The Morgan fingerprint density at radius 1 is 0.966 bits per heavy atom. The maximum absolute atomic E-state index is 13.7. The van der Waals surface area contributed by atoms with E-state index >= 15 is 0 Å². The van der Waals surface area contributed by atoms with E-state index in [1.807, 2.05) is 49.4 Å². The van der Waals surface area contributed by atoms with Crippen molar-refractivity contribution in [2.45, 2.75) is 30.6 Å². The summed E-state index contributed by atoms with van der Waals surface area (Å²) >= 11 is 0. The fraction of sp³-hybridized carbons (Fsp3) is 0.167. The molecule has 3 nitrogen and oxygen atoms in total. The van der Waals surface area contributed by atoms with Gasteiger partial charge in [0.15, 0.2) is 0 Å². The molecule has 0 amide bonds. The Morgan fingerprint density at radius 2 is 1.72 bits per heavy atom. The average Bonchev–Trinajstić information content (AvgIpc) is 3.29. The topological polar surface area (TPSA) is 39.1 Å². The SMILES string of the molecule is Cc1ccc(S(=O)(=O)n2c(C3CCc4cc(F)ccc43)cc3ccccc32)cc1. The summed E-state index contributed by atoms with van der Waals surface area (Å²) in [6.07, 6.45) is 1.50. The second kappa shape index (κ2) is 6.56. The first kappa shape index (κ1) is 18.1. The molecule has 1 aromatic heterocycles. The lowest BCUT2D eigenvalue weighted by molar-refractivity contribution is 0.584. The van der Waals surface area contributed by atoms with Gasteiger partial charge in [0.2, 0.25) is 0 Å². The first-order chi connectivity index (χ1) is 13.9. The monoisotopic (exact) mass is 405 g/mol. The van der Waals surface area contributed by atoms with Gasteiger partial charge in [0.1, 0.15) is 5.82 Å². The summed E-state index contributed by atoms with van der Waals surface area (Å²) in [6, 6.07) is 21.2. The van der Waals surface area contributed by atoms with Crippen LogP contribution in [-0.4, -0.2) is 12.4 Å². The quantitative estimate of drug-likeness (QED) is 0.458. The molecular weight excluding hydrogens is 385 g/mol. The molecule has 1 unspecified atom stereocenters. The highest BCUT2D eigenvalue weighted by Crippen LogP contribution is 2.41. The van der Waals surface area contributed by atoms with E-state index < -0.39 is 10.0 Å². The number of para-hydroxylation sites is 1. The molecule has 0 spiro atoms. The third-order valence-corrected chi connectivity index (χ3v) is 7.55. The molecule has 1 aliphatic rings. The summed E-state index contributed by atoms with van der Waals surface area (Å²) in [4.78, 5) is 0.267. The van der Waals surface area contributed by atoms with Gasteiger partial charge in [-0.3, -0.25) is 0 Å². The molecule has 0 aliphatic heterocycles. The molecule has 5 rings (SSSR count). The number of aromatic nitrogens is 1. The van der Waals surface area contributed by atoms with Gasteiger partial charge in [0, 0.05) is 17.0 Å². The Kier molecular flexibility index (Phi) is 4.10. The smallest absolute Gasteiger partial charge is 0.237 e. The van der Waals surface area contributed by atoms with Crippen LogP contribution >= 0.6 is 0 Å². The van der Waals surface area contributed by atoms with Crippen molar-refractivity contribution in [3.63, 3.8) is 0 Å². The summed E-state index contributed by atoms with van der Waals surface area (Å²) in [6.45, 7) is 1.93. The second-order valence-electron chi connectivity index (χ2n) is 7.64. The largest absolute Gasteiger partial charge is 0.268 e. The molecule has 0 saturated carbocycles. The highest BCUT2D eigenvalue weighted by atomic mass is 32.2. The first-order valence-corrected chi connectivity index (χ1v) is 11.1. The van der Waals surface area contributed by atoms with Crippen molar-refractivity contribution in [3.8, 4) is 0 Å². The third kappa shape index (κ3) is 2.88. The van der Waals surface area contributed by atoms with E-state index in [4.69, 9.17) is 0 Å². The van der Waals surface area contributed by atoms with E-state index in [1.165, 1.54) is 10.0 Å². The molecule has 0 fully saturated rings. The van der Waals surface area contributed by atoms with E-state index in [2.05, 4.69) is 0 Å². The third-order valence-electron chi connectivity index (χ3n) is 5.79. The fourth-order valence-corrected chi connectivity index (χ4v) is 5.94. The zero-order chi connectivity index (χ0) is 20.2. The number of hydrogen-bond donors (Lipinski definition) is 0. The summed E-state index contributed by atoms with van der Waals surface area (Å²) in [5.41, 5.74) is 4.37. The van der Waals surface area contributed by atoms with Gasteiger partial charge in [0.25, 0.3) is 10.0 Å². The molecule has 1 aliphatic carbocycles. The maximum Gasteiger partial charge on any atom is 0.268 e. The molecule has 0 N–H and O–H groups in total. The van der Waals surface area contributed by atoms with Crippen LogP contribution in [0, 0.1) is 12.7 Å². The Balaban J connectivity index is 1.76.